The van der Waals surface area contributed by atoms with Crippen molar-refractivity contribution < 1.29 is 14.3 Å². The number of hydrogen-bond donors (Lipinski definition) is 4. The standard InChI is InChI=1S/C30H33N7O3/c38-29(33-22-9-10-22)31-20-5-1-18(2-6-20)26-15-27(37-16-24-13-14-25(17-37)40-24)36-28(35-26)19-3-7-21(8-4-19)32-30(39)34-23-11-12-23/h1-8,15,22-25H,9-14,16-17H2,(H2,31,33,38)(H2,32,34,39). The molecule has 2 aliphatic heterocycles. The van der Waals surface area contributed by atoms with Crippen molar-refractivity contribution in [1.29, 1.82) is 0 Å². The highest BCUT2D eigenvalue weighted by atomic mass is 16.5. The predicted molar refractivity (Wildman–Crippen MR) is 153 cm³/mol. The average Bonchev–Trinajstić information content (AvgIpc) is 3.90. The summed E-state index contributed by atoms with van der Waals surface area (Å²) >= 11 is 0. The summed E-state index contributed by atoms with van der Waals surface area (Å²) in [5.74, 6) is 1.49. The van der Waals surface area contributed by atoms with Gasteiger partial charge in [0.2, 0.25) is 0 Å². The smallest absolute Gasteiger partial charge is 0.319 e. The van der Waals surface area contributed by atoms with Crippen molar-refractivity contribution in [1.82, 2.24) is 20.6 Å². The number of ether oxygens (including phenoxy) is 1. The summed E-state index contributed by atoms with van der Waals surface area (Å²) in [7, 11) is 0. The molecule has 2 aromatic carbocycles. The molecule has 3 aromatic rings. The number of morpholine rings is 1. The molecule has 3 heterocycles. The van der Waals surface area contributed by atoms with Crippen molar-refractivity contribution >= 4 is 29.3 Å². The van der Waals surface area contributed by atoms with Gasteiger partial charge in [-0.1, -0.05) is 12.1 Å². The molecule has 4 N–H and O–H groups in total. The maximum absolute atomic E-state index is 12.1. The highest BCUT2D eigenvalue weighted by Crippen LogP contribution is 2.32. The van der Waals surface area contributed by atoms with Gasteiger partial charge in [-0.25, -0.2) is 19.6 Å². The van der Waals surface area contributed by atoms with E-state index in [4.69, 9.17) is 14.7 Å². The maximum atomic E-state index is 12.1. The number of rotatable bonds is 7. The van der Waals surface area contributed by atoms with E-state index < -0.39 is 0 Å². The molecule has 1 aromatic heterocycles. The van der Waals surface area contributed by atoms with E-state index in [1.54, 1.807) is 0 Å². The van der Waals surface area contributed by atoms with Gasteiger partial charge in [0.25, 0.3) is 0 Å². The van der Waals surface area contributed by atoms with Crippen LogP contribution in [0.25, 0.3) is 22.6 Å². The number of nitrogens with zero attached hydrogens (tertiary/aromatic N) is 3. The zero-order valence-corrected chi connectivity index (χ0v) is 22.2. The van der Waals surface area contributed by atoms with E-state index in [9.17, 15) is 9.59 Å². The minimum absolute atomic E-state index is 0.174. The second-order valence-corrected chi connectivity index (χ2v) is 11.2. The highest BCUT2D eigenvalue weighted by molar-refractivity contribution is 5.90. The average molecular weight is 540 g/mol. The van der Waals surface area contributed by atoms with Crippen LogP contribution in [0.4, 0.5) is 26.8 Å². The van der Waals surface area contributed by atoms with Crippen molar-refractivity contribution in [3.63, 3.8) is 0 Å². The van der Waals surface area contributed by atoms with Crippen LogP contribution in [0.15, 0.2) is 54.6 Å². The van der Waals surface area contributed by atoms with Gasteiger partial charge in [-0.3, -0.25) is 0 Å². The summed E-state index contributed by atoms with van der Waals surface area (Å²) in [6.07, 6.45) is 6.81. The molecule has 4 aliphatic rings. The van der Waals surface area contributed by atoms with Crippen molar-refractivity contribution in [3.05, 3.63) is 54.6 Å². The van der Waals surface area contributed by atoms with Gasteiger partial charge in [-0.05, 0) is 74.9 Å². The van der Waals surface area contributed by atoms with Crippen molar-refractivity contribution in [2.24, 2.45) is 0 Å². The minimum Gasteiger partial charge on any atom is -0.371 e. The lowest BCUT2D eigenvalue weighted by Crippen LogP contribution is -2.43. The molecular weight excluding hydrogens is 506 g/mol. The molecule has 0 radical (unpaired) electrons. The normalized spacial score (nSPS) is 21.6. The van der Waals surface area contributed by atoms with E-state index in [0.29, 0.717) is 17.9 Å². The van der Waals surface area contributed by atoms with Gasteiger partial charge >= 0.3 is 12.1 Å². The van der Waals surface area contributed by atoms with E-state index in [2.05, 4.69) is 26.2 Å². The summed E-state index contributed by atoms with van der Waals surface area (Å²) in [5.41, 5.74) is 4.05. The molecule has 2 bridgehead atoms. The lowest BCUT2D eigenvalue weighted by Gasteiger charge is -2.33. The number of carbonyl (C=O) groups is 2. The number of aromatic nitrogens is 2. The first-order chi connectivity index (χ1) is 19.5. The second-order valence-electron chi connectivity index (χ2n) is 11.2. The zero-order chi connectivity index (χ0) is 27.1. The summed E-state index contributed by atoms with van der Waals surface area (Å²) in [5, 5.41) is 11.7. The number of hydrogen-bond acceptors (Lipinski definition) is 6. The fraction of sp³-hybridized carbons (Fsp3) is 0.400. The molecule has 2 unspecified atom stereocenters. The first-order valence-corrected chi connectivity index (χ1v) is 14.2. The number of benzene rings is 2. The molecule has 2 atom stereocenters. The summed E-state index contributed by atoms with van der Waals surface area (Å²) < 4.78 is 6.06. The Morgan fingerprint density at radius 3 is 1.75 bits per heavy atom. The molecule has 10 heteroatoms. The Morgan fingerprint density at radius 1 is 0.700 bits per heavy atom. The van der Waals surface area contributed by atoms with Crippen LogP contribution >= 0.6 is 0 Å². The summed E-state index contributed by atoms with van der Waals surface area (Å²) in [6, 6.07) is 17.6. The van der Waals surface area contributed by atoms with E-state index in [0.717, 1.165) is 85.6 Å². The topological polar surface area (TPSA) is 121 Å². The summed E-state index contributed by atoms with van der Waals surface area (Å²) in [4.78, 5) is 36.5. The lowest BCUT2D eigenvalue weighted by atomic mass is 10.1. The Bertz CT molecular complexity index is 1300. The van der Waals surface area contributed by atoms with Crippen LogP contribution < -0.4 is 26.2 Å². The van der Waals surface area contributed by atoms with Gasteiger partial charge in [0.1, 0.15) is 5.82 Å². The second kappa shape index (κ2) is 10.4. The van der Waals surface area contributed by atoms with Crippen LogP contribution in [0, 0.1) is 0 Å². The molecular formula is C30H33N7O3. The SMILES string of the molecule is O=C(Nc1ccc(-c2cc(N3CC4CCC(C3)O4)nc(-c3ccc(NC(=O)NC4CC4)cc3)n2)cc1)NC1CC1. The Hall–Kier alpha value is -4.18. The van der Waals surface area contributed by atoms with Gasteiger partial charge in [-0.2, -0.15) is 0 Å². The van der Waals surface area contributed by atoms with Crippen LogP contribution in [0.1, 0.15) is 38.5 Å². The molecule has 2 saturated carbocycles. The number of amides is 4. The minimum atomic E-state index is -0.180. The third-order valence-electron chi connectivity index (χ3n) is 7.74. The highest BCUT2D eigenvalue weighted by Gasteiger charge is 2.34. The van der Waals surface area contributed by atoms with E-state index in [-0.39, 0.29) is 24.3 Å². The Morgan fingerprint density at radius 2 is 1.23 bits per heavy atom. The van der Waals surface area contributed by atoms with Crippen molar-refractivity contribution in [2.45, 2.75) is 62.8 Å². The van der Waals surface area contributed by atoms with Crippen LogP contribution in [-0.2, 0) is 4.74 Å². The van der Waals surface area contributed by atoms with Gasteiger partial charge in [0, 0.05) is 53.7 Å². The third kappa shape index (κ3) is 5.86. The fourth-order valence-electron chi connectivity index (χ4n) is 5.26. The number of nitrogens with one attached hydrogen (secondary N) is 4. The number of urea groups is 2. The van der Waals surface area contributed by atoms with Crippen molar-refractivity contribution in [2.75, 3.05) is 28.6 Å². The Kier molecular flexibility index (Phi) is 6.47. The van der Waals surface area contributed by atoms with Gasteiger partial charge in [-0.15, -0.1) is 0 Å². The third-order valence-corrected chi connectivity index (χ3v) is 7.74. The lowest BCUT2D eigenvalue weighted by molar-refractivity contribution is 0.0302. The van der Waals surface area contributed by atoms with Crippen LogP contribution in [-0.4, -0.2) is 59.4 Å². The molecule has 206 valence electrons. The number of fused-ring (bicyclic) bond motifs is 2. The molecule has 4 fully saturated rings. The molecule has 7 rings (SSSR count). The molecule has 40 heavy (non-hydrogen) atoms. The Balaban J connectivity index is 1.14. The predicted octanol–water partition coefficient (Wildman–Crippen LogP) is 4.75. The Labute approximate surface area is 232 Å². The van der Waals surface area contributed by atoms with E-state index >= 15 is 0 Å². The maximum Gasteiger partial charge on any atom is 0.319 e. The van der Waals surface area contributed by atoms with Crippen LogP contribution in [0.5, 0.6) is 0 Å². The quantitative estimate of drug-likeness (QED) is 0.344. The fourth-order valence-corrected chi connectivity index (χ4v) is 5.26. The first kappa shape index (κ1) is 24.8. The molecule has 2 aliphatic carbocycles. The van der Waals surface area contributed by atoms with Gasteiger partial charge < -0.3 is 30.9 Å². The van der Waals surface area contributed by atoms with Gasteiger partial charge in [0.05, 0.1) is 17.9 Å². The largest absolute Gasteiger partial charge is 0.371 e. The van der Waals surface area contributed by atoms with Crippen molar-refractivity contribution in [3.8, 4) is 22.6 Å². The van der Waals surface area contributed by atoms with Crippen LogP contribution in [0.3, 0.4) is 0 Å². The zero-order valence-electron chi connectivity index (χ0n) is 22.2. The van der Waals surface area contributed by atoms with Crippen LogP contribution in [0.2, 0.25) is 0 Å². The summed E-state index contributed by atoms with van der Waals surface area (Å²) in [6.45, 7) is 1.62. The molecule has 0 spiro atoms. The molecule has 10 nitrogen and oxygen atoms in total. The monoisotopic (exact) mass is 539 g/mol. The van der Waals surface area contributed by atoms with Gasteiger partial charge in [0.15, 0.2) is 5.82 Å². The van der Waals surface area contributed by atoms with E-state index in [1.807, 2.05) is 54.6 Å². The number of anilines is 3. The number of carbonyl (C=O) groups excluding carboxylic acids is 2. The first-order valence-electron chi connectivity index (χ1n) is 14.2. The molecule has 4 amide bonds. The molecule has 2 saturated heterocycles. The van der Waals surface area contributed by atoms with E-state index in [1.165, 1.54) is 0 Å².